The normalized spacial score (nSPS) is 13.6. The number of halogens is 1. The number of nitrogens with two attached hydrogens (primary N) is 1. The summed E-state index contributed by atoms with van der Waals surface area (Å²) in [6.45, 7) is 5.13. The standard InChI is InChI=1S/C12H18FNO2/c1-8(14)10-5-4-9(13)6-11(10)16-7-12(2,3)15/h4-6,8,15H,7,14H2,1-3H3/t8-/m1/s1. The molecule has 1 atom stereocenters. The van der Waals surface area contributed by atoms with E-state index < -0.39 is 5.60 Å². The van der Waals surface area contributed by atoms with Gasteiger partial charge in [-0.1, -0.05) is 6.07 Å². The summed E-state index contributed by atoms with van der Waals surface area (Å²) in [5.41, 5.74) is 5.51. The molecule has 0 aliphatic carbocycles. The second kappa shape index (κ2) is 4.80. The van der Waals surface area contributed by atoms with Crippen LogP contribution in [0.3, 0.4) is 0 Å². The summed E-state index contributed by atoms with van der Waals surface area (Å²) in [6.07, 6.45) is 0. The van der Waals surface area contributed by atoms with E-state index in [1.807, 2.05) is 0 Å². The lowest BCUT2D eigenvalue weighted by molar-refractivity contribution is 0.0279. The van der Waals surface area contributed by atoms with Gasteiger partial charge in [0.2, 0.25) is 0 Å². The average molecular weight is 227 g/mol. The third kappa shape index (κ3) is 3.79. The van der Waals surface area contributed by atoms with Crippen LogP contribution in [0, 0.1) is 5.82 Å². The van der Waals surface area contributed by atoms with Crippen molar-refractivity contribution in [3.8, 4) is 5.75 Å². The number of aliphatic hydroxyl groups is 1. The van der Waals surface area contributed by atoms with Crippen LogP contribution >= 0.6 is 0 Å². The van der Waals surface area contributed by atoms with Crippen molar-refractivity contribution in [1.29, 1.82) is 0 Å². The first-order chi connectivity index (χ1) is 7.29. The summed E-state index contributed by atoms with van der Waals surface area (Å²) in [6, 6.07) is 3.98. The zero-order valence-corrected chi connectivity index (χ0v) is 9.83. The maximum atomic E-state index is 13.0. The minimum atomic E-state index is -0.957. The molecule has 0 unspecified atom stereocenters. The van der Waals surface area contributed by atoms with Crippen molar-refractivity contribution in [2.45, 2.75) is 32.4 Å². The zero-order valence-electron chi connectivity index (χ0n) is 9.83. The number of hydrogen-bond donors (Lipinski definition) is 2. The second-order valence-electron chi connectivity index (χ2n) is 4.57. The van der Waals surface area contributed by atoms with Crippen LogP contribution < -0.4 is 10.5 Å². The second-order valence-corrected chi connectivity index (χ2v) is 4.57. The highest BCUT2D eigenvalue weighted by atomic mass is 19.1. The van der Waals surface area contributed by atoms with Gasteiger partial charge in [0.05, 0.1) is 5.60 Å². The van der Waals surface area contributed by atoms with Crippen molar-refractivity contribution in [1.82, 2.24) is 0 Å². The van der Waals surface area contributed by atoms with Crippen LogP contribution in [0.5, 0.6) is 5.75 Å². The molecule has 0 heterocycles. The first-order valence-corrected chi connectivity index (χ1v) is 5.20. The van der Waals surface area contributed by atoms with E-state index in [2.05, 4.69) is 0 Å². The van der Waals surface area contributed by atoms with Gasteiger partial charge in [0.1, 0.15) is 18.2 Å². The topological polar surface area (TPSA) is 55.5 Å². The van der Waals surface area contributed by atoms with Gasteiger partial charge in [-0.3, -0.25) is 0 Å². The maximum absolute atomic E-state index is 13.0. The van der Waals surface area contributed by atoms with Crippen LogP contribution in [0.15, 0.2) is 18.2 Å². The zero-order chi connectivity index (χ0) is 12.3. The van der Waals surface area contributed by atoms with Crippen LogP contribution in [0.2, 0.25) is 0 Å². The highest BCUT2D eigenvalue weighted by Gasteiger charge is 2.16. The van der Waals surface area contributed by atoms with E-state index in [4.69, 9.17) is 10.5 Å². The van der Waals surface area contributed by atoms with Crippen molar-refractivity contribution >= 4 is 0 Å². The number of hydrogen-bond acceptors (Lipinski definition) is 3. The van der Waals surface area contributed by atoms with Gasteiger partial charge in [0, 0.05) is 17.7 Å². The molecule has 0 saturated heterocycles. The molecule has 3 nitrogen and oxygen atoms in total. The van der Waals surface area contributed by atoms with E-state index in [0.717, 1.165) is 5.56 Å². The van der Waals surface area contributed by atoms with Crippen molar-refractivity contribution in [2.75, 3.05) is 6.61 Å². The molecule has 1 aromatic carbocycles. The van der Waals surface area contributed by atoms with Crippen molar-refractivity contribution in [2.24, 2.45) is 5.73 Å². The highest BCUT2D eigenvalue weighted by Crippen LogP contribution is 2.25. The predicted octanol–water partition coefficient (Wildman–Crippen LogP) is 2.00. The number of rotatable bonds is 4. The predicted molar refractivity (Wildman–Crippen MR) is 60.8 cm³/mol. The Bertz CT molecular complexity index is 359. The molecule has 0 amide bonds. The quantitative estimate of drug-likeness (QED) is 0.827. The lowest BCUT2D eigenvalue weighted by Crippen LogP contribution is -2.28. The van der Waals surface area contributed by atoms with E-state index in [9.17, 15) is 9.50 Å². The maximum Gasteiger partial charge on any atom is 0.127 e. The molecule has 0 radical (unpaired) electrons. The van der Waals surface area contributed by atoms with Crippen LogP contribution in [0.25, 0.3) is 0 Å². The Morgan fingerprint density at radius 3 is 2.62 bits per heavy atom. The molecule has 0 aromatic heterocycles. The van der Waals surface area contributed by atoms with Gasteiger partial charge < -0.3 is 15.6 Å². The Balaban J connectivity index is 2.88. The van der Waals surface area contributed by atoms with Crippen molar-refractivity contribution in [3.05, 3.63) is 29.6 Å². The monoisotopic (exact) mass is 227 g/mol. The fourth-order valence-corrected chi connectivity index (χ4v) is 1.26. The van der Waals surface area contributed by atoms with Gasteiger partial charge >= 0.3 is 0 Å². The van der Waals surface area contributed by atoms with Gasteiger partial charge in [0.25, 0.3) is 0 Å². The molecule has 0 aliphatic heterocycles. The molecule has 1 rings (SSSR count). The van der Waals surface area contributed by atoms with Gasteiger partial charge in [-0.05, 0) is 26.8 Å². The Morgan fingerprint density at radius 2 is 2.12 bits per heavy atom. The van der Waals surface area contributed by atoms with Gasteiger partial charge in [0.15, 0.2) is 0 Å². The third-order valence-electron chi connectivity index (χ3n) is 2.05. The molecule has 90 valence electrons. The molecular formula is C12H18FNO2. The molecule has 3 N–H and O–H groups in total. The molecule has 0 bridgehead atoms. The van der Waals surface area contributed by atoms with Crippen molar-refractivity contribution < 1.29 is 14.2 Å². The Labute approximate surface area is 95.0 Å². The van der Waals surface area contributed by atoms with Crippen molar-refractivity contribution in [3.63, 3.8) is 0 Å². The summed E-state index contributed by atoms with van der Waals surface area (Å²) in [5, 5.41) is 9.53. The smallest absolute Gasteiger partial charge is 0.127 e. The fraction of sp³-hybridized carbons (Fsp3) is 0.500. The Kier molecular flexibility index (Phi) is 3.88. The van der Waals surface area contributed by atoms with E-state index in [-0.39, 0.29) is 18.5 Å². The first kappa shape index (κ1) is 12.9. The van der Waals surface area contributed by atoms with Gasteiger partial charge in [-0.2, -0.15) is 0 Å². The fourth-order valence-electron chi connectivity index (χ4n) is 1.26. The average Bonchev–Trinajstić information content (AvgIpc) is 2.13. The summed E-state index contributed by atoms with van der Waals surface area (Å²) in [7, 11) is 0. The highest BCUT2D eigenvalue weighted by molar-refractivity contribution is 5.36. The molecule has 16 heavy (non-hydrogen) atoms. The molecule has 0 spiro atoms. The Hall–Kier alpha value is -1.13. The number of benzene rings is 1. The number of ether oxygens (including phenoxy) is 1. The van der Waals surface area contributed by atoms with Crippen LogP contribution in [-0.2, 0) is 0 Å². The van der Waals surface area contributed by atoms with Crippen LogP contribution in [-0.4, -0.2) is 17.3 Å². The van der Waals surface area contributed by atoms with Gasteiger partial charge in [-0.15, -0.1) is 0 Å². The molecule has 0 aliphatic rings. The summed E-state index contributed by atoms with van der Waals surface area (Å²) in [4.78, 5) is 0. The summed E-state index contributed by atoms with van der Waals surface area (Å²) < 4.78 is 18.4. The van der Waals surface area contributed by atoms with E-state index in [0.29, 0.717) is 5.75 Å². The molecular weight excluding hydrogens is 209 g/mol. The lowest BCUT2D eigenvalue weighted by atomic mass is 10.1. The lowest BCUT2D eigenvalue weighted by Gasteiger charge is -2.20. The van der Waals surface area contributed by atoms with E-state index in [1.165, 1.54) is 12.1 Å². The third-order valence-corrected chi connectivity index (χ3v) is 2.05. The van der Waals surface area contributed by atoms with Crippen LogP contribution in [0.4, 0.5) is 4.39 Å². The minimum Gasteiger partial charge on any atom is -0.490 e. The summed E-state index contributed by atoms with van der Waals surface area (Å²) >= 11 is 0. The molecule has 0 saturated carbocycles. The SMILES string of the molecule is C[C@@H](N)c1ccc(F)cc1OCC(C)(C)O. The molecule has 4 heteroatoms. The summed E-state index contributed by atoms with van der Waals surface area (Å²) in [5.74, 6) is 0.00673. The van der Waals surface area contributed by atoms with E-state index in [1.54, 1.807) is 26.8 Å². The van der Waals surface area contributed by atoms with E-state index >= 15 is 0 Å². The largest absolute Gasteiger partial charge is 0.490 e. The Morgan fingerprint density at radius 1 is 1.50 bits per heavy atom. The van der Waals surface area contributed by atoms with Crippen LogP contribution in [0.1, 0.15) is 32.4 Å². The molecule has 0 fully saturated rings. The first-order valence-electron chi connectivity index (χ1n) is 5.20. The van der Waals surface area contributed by atoms with Gasteiger partial charge in [-0.25, -0.2) is 4.39 Å². The minimum absolute atomic E-state index is 0.0934. The molecule has 1 aromatic rings.